The van der Waals surface area contributed by atoms with Crippen molar-refractivity contribution >= 4 is 15.7 Å². The van der Waals surface area contributed by atoms with E-state index in [1.54, 1.807) is 12.1 Å². The predicted octanol–water partition coefficient (Wildman–Crippen LogP) is 3.49. The molecular weight excluding hydrogens is 262 g/mol. The standard InChI is InChI=1S/C14H23NO3S/c1-2-3-4-5-6-7-11-19(17,18)15-13-9-8-10-14(16)12-13/h8-10,12,15-16H,2-7,11H2,1H3. The van der Waals surface area contributed by atoms with Crippen molar-refractivity contribution < 1.29 is 13.5 Å². The molecule has 1 aromatic rings. The van der Waals surface area contributed by atoms with Gasteiger partial charge >= 0.3 is 0 Å². The van der Waals surface area contributed by atoms with E-state index in [1.807, 2.05) is 0 Å². The number of rotatable bonds is 9. The van der Waals surface area contributed by atoms with Crippen LogP contribution in [0.25, 0.3) is 0 Å². The van der Waals surface area contributed by atoms with Crippen LogP contribution < -0.4 is 4.72 Å². The molecule has 0 aromatic heterocycles. The lowest BCUT2D eigenvalue weighted by atomic mass is 10.1. The first kappa shape index (κ1) is 15.8. The van der Waals surface area contributed by atoms with Crippen molar-refractivity contribution in [3.8, 4) is 5.75 Å². The summed E-state index contributed by atoms with van der Waals surface area (Å²) < 4.78 is 26.1. The van der Waals surface area contributed by atoms with E-state index < -0.39 is 10.0 Å². The Hall–Kier alpha value is -1.23. The Kier molecular flexibility index (Phi) is 6.70. The van der Waals surface area contributed by atoms with Gasteiger partial charge in [-0.15, -0.1) is 0 Å². The molecule has 4 nitrogen and oxygen atoms in total. The zero-order valence-corrected chi connectivity index (χ0v) is 12.2. The van der Waals surface area contributed by atoms with Gasteiger partial charge in [-0.2, -0.15) is 0 Å². The van der Waals surface area contributed by atoms with Crippen LogP contribution in [0.3, 0.4) is 0 Å². The summed E-state index contributed by atoms with van der Waals surface area (Å²) in [5.74, 6) is 0.189. The molecule has 0 unspecified atom stereocenters. The van der Waals surface area contributed by atoms with E-state index in [2.05, 4.69) is 11.6 Å². The highest BCUT2D eigenvalue weighted by Crippen LogP contribution is 2.17. The number of aromatic hydroxyl groups is 1. The minimum absolute atomic E-state index is 0.0553. The molecule has 0 heterocycles. The largest absolute Gasteiger partial charge is 0.508 e. The van der Waals surface area contributed by atoms with Gasteiger partial charge in [0.25, 0.3) is 0 Å². The molecule has 0 amide bonds. The summed E-state index contributed by atoms with van der Waals surface area (Å²) >= 11 is 0. The first-order valence-corrected chi connectivity index (χ1v) is 8.48. The molecule has 2 N–H and O–H groups in total. The predicted molar refractivity (Wildman–Crippen MR) is 78.9 cm³/mol. The third kappa shape index (κ3) is 7.06. The third-order valence-electron chi connectivity index (χ3n) is 2.89. The molecule has 0 radical (unpaired) electrons. The van der Waals surface area contributed by atoms with Crippen molar-refractivity contribution in [2.24, 2.45) is 0 Å². The highest BCUT2D eigenvalue weighted by atomic mass is 32.2. The third-order valence-corrected chi connectivity index (χ3v) is 4.26. The second-order valence-corrected chi connectivity index (χ2v) is 6.58. The number of hydrogen-bond donors (Lipinski definition) is 2. The SMILES string of the molecule is CCCCCCCCS(=O)(=O)Nc1cccc(O)c1. The number of hydrogen-bond acceptors (Lipinski definition) is 3. The van der Waals surface area contributed by atoms with Gasteiger partial charge in [0.2, 0.25) is 10.0 Å². The van der Waals surface area contributed by atoms with Crippen LogP contribution >= 0.6 is 0 Å². The number of anilines is 1. The number of sulfonamides is 1. The molecule has 0 aliphatic carbocycles. The Balaban J connectivity index is 2.32. The van der Waals surface area contributed by atoms with Gasteiger partial charge in [-0.25, -0.2) is 8.42 Å². The molecular formula is C14H23NO3S. The molecule has 0 aliphatic heterocycles. The van der Waals surface area contributed by atoms with E-state index >= 15 is 0 Å². The van der Waals surface area contributed by atoms with Crippen molar-refractivity contribution in [1.29, 1.82) is 0 Å². The van der Waals surface area contributed by atoms with E-state index in [0.717, 1.165) is 12.8 Å². The molecule has 108 valence electrons. The van der Waals surface area contributed by atoms with Gasteiger partial charge in [0.05, 0.1) is 11.4 Å². The van der Waals surface area contributed by atoms with Crippen molar-refractivity contribution in [1.82, 2.24) is 0 Å². The summed E-state index contributed by atoms with van der Waals surface area (Å²) in [4.78, 5) is 0. The molecule has 1 aromatic carbocycles. The molecule has 0 spiro atoms. The van der Waals surface area contributed by atoms with Crippen LogP contribution in [0.5, 0.6) is 5.75 Å². The van der Waals surface area contributed by atoms with Crippen molar-refractivity contribution in [3.05, 3.63) is 24.3 Å². The highest BCUT2D eigenvalue weighted by Gasteiger charge is 2.10. The maximum absolute atomic E-state index is 11.8. The zero-order valence-electron chi connectivity index (χ0n) is 11.4. The molecule has 0 atom stereocenters. The lowest BCUT2D eigenvalue weighted by Crippen LogP contribution is -2.16. The molecule has 0 saturated heterocycles. The number of unbranched alkanes of at least 4 members (excludes halogenated alkanes) is 5. The number of phenolic OH excluding ortho intramolecular Hbond substituents is 1. The van der Waals surface area contributed by atoms with Gasteiger partial charge in [0.1, 0.15) is 5.75 Å². The van der Waals surface area contributed by atoms with Crippen LogP contribution in [0.15, 0.2) is 24.3 Å². The van der Waals surface area contributed by atoms with E-state index in [-0.39, 0.29) is 11.5 Å². The maximum atomic E-state index is 11.8. The topological polar surface area (TPSA) is 66.4 Å². The summed E-state index contributed by atoms with van der Waals surface area (Å²) in [6.07, 6.45) is 6.30. The average Bonchev–Trinajstić information content (AvgIpc) is 2.33. The molecule has 0 bridgehead atoms. The van der Waals surface area contributed by atoms with Crippen molar-refractivity contribution in [3.63, 3.8) is 0 Å². The van der Waals surface area contributed by atoms with Gasteiger partial charge in [-0.1, -0.05) is 45.1 Å². The van der Waals surface area contributed by atoms with Gasteiger partial charge in [-0.05, 0) is 18.6 Å². The lowest BCUT2D eigenvalue weighted by molar-refractivity contribution is 0.475. The number of phenols is 1. The molecule has 0 aliphatic rings. The first-order valence-electron chi connectivity index (χ1n) is 6.83. The van der Waals surface area contributed by atoms with E-state index in [4.69, 9.17) is 0 Å². The Labute approximate surface area is 115 Å². The Bertz CT molecular complexity index is 471. The van der Waals surface area contributed by atoms with Crippen molar-refractivity contribution in [2.45, 2.75) is 45.4 Å². The van der Waals surface area contributed by atoms with E-state index in [0.29, 0.717) is 12.1 Å². The van der Waals surface area contributed by atoms with Crippen LogP contribution in [-0.2, 0) is 10.0 Å². The number of nitrogens with one attached hydrogen (secondary N) is 1. The van der Waals surface area contributed by atoms with Crippen LogP contribution in [-0.4, -0.2) is 19.3 Å². The summed E-state index contributed by atoms with van der Waals surface area (Å²) in [6, 6.07) is 6.14. The Morgan fingerprint density at radius 1 is 1.11 bits per heavy atom. The Morgan fingerprint density at radius 3 is 2.47 bits per heavy atom. The second-order valence-electron chi connectivity index (χ2n) is 4.74. The molecule has 0 fully saturated rings. The fourth-order valence-corrected chi connectivity index (χ4v) is 3.04. The van der Waals surface area contributed by atoms with E-state index in [1.165, 1.54) is 31.4 Å². The molecule has 5 heteroatoms. The summed E-state index contributed by atoms with van der Waals surface area (Å²) in [5, 5.41) is 9.27. The smallest absolute Gasteiger partial charge is 0.232 e. The van der Waals surface area contributed by atoms with Gasteiger partial charge in [0.15, 0.2) is 0 Å². The fourth-order valence-electron chi connectivity index (χ4n) is 1.87. The fraction of sp³-hybridized carbons (Fsp3) is 0.571. The van der Waals surface area contributed by atoms with Crippen LogP contribution in [0.4, 0.5) is 5.69 Å². The quantitative estimate of drug-likeness (QED) is 0.682. The molecule has 0 saturated carbocycles. The second kappa shape index (κ2) is 8.04. The zero-order chi connectivity index (χ0) is 14.1. The Morgan fingerprint density at radius 2 is 1.79 bits per heavy atom. The average molecular weight is 285 g/mol. The monoisotopic (exact) mass is 285 g/mol. The van der Waals surface area contributed by atoms with Gasteiger partial charge in [0, 0.05) is 6.07 Å². The maximum Gasteiger partial charge on any atom is 0.232 e. The van der Waals surface area contributed by atoms with Gasteiger partial charge in [-0.3, -0.25) is 4.72 Å². The first-order chi connectivity index (χ1) is 9.03. The van der Waals surface area contributed by atoms with Crippen LogP contribution in [0, 0.1) is 0 Å². The van der Waals surface area contributed by atoms with E-state index in [9.17, 15) is 13.5 Å². The number of benzene rings is 1. The summed E-state index contributed by atoms with van der Waals surface area (Å²) in [7, 11) is -3.31. The molecule has 1 rings (SSSR count). The van der Waals surface area contributed by atoms with Crippen LogP contribution in [0.1, 0.15) is 45.4 Å². The van der Waals surface area contributed by atoms with Crippen LogP contribution in [0.2, 0.25) is 0 Å². The highest BCUT2D eigenvalue weighted by molar-refractivity contribution is 7.92. The normalized spacial score (nSPS) is 11.4. The molecule has 19 heavy (non-hydrogen) atoms. The lowest BCUT2D eigenvalue weighted by Gasteiger charge is -2.08. The van der Waals surface area contributed by atoms with Gasteiger partial charge < -0.3 is 5.11 Å². The summed E-state index contributed by atoms with van der Waals surface area (Å²) in [5.41, 5.74) is 0.408. The summed E-state index contributed by atoms with van der Waals surface area (Å²) in [6.45, 7) is 2.16. The minimum Gasteiger partial charge on any atom is -0.508 e. The van der Waals surface area contributed by atoms with Crippen molar-refractivity contribution in [2.75, 3.05) is 10.5 Å². The minimum atomic E-state index is -3.31.